The molecule has 0 aliphatic carbocycles. The van der Waals surface area contributed by atoms with Gasteiger partial charge in [0, 0.05) is 0 Å². The molecule has 0 bridgehead atoms. The fraction of sp³-hybridized carbons (Fsp3) is 0.900. The Balaban J connectivity index is 2.71. The van der Waals surface area contributed by atoms with E-state index in [1.165, 1.54) is 6.42 Å². The molecule has 0 N–H and O–H groups in total. The molecule has 0 aromatic rings. The number of hydrogen-bond acceptors (Lipinski definition) is 1. The number of nitrogens with zero attached hydrogens (tertiary/aromatic N) is 2. The molecule has 2 atom stereocenters. The van der Waals surface area contributed by atoms with E-state index in [0.29, 0.717) is 6.04 Å². The molecule has 0 aromatic carbocycles. The zero-order valence-corrected chi connectivity index (χ0v) is 8.75. The van der Waals surface area contributed by atoms with Crippen molar-refractivity contribution in [1.29, 1.82) is 0 Å². The van der Waals surface area contributed by atoms with Gasteiger partial charge in [0.2, 0.25) is 6.34 Å². The SMILES string of the molecule is CCC1C(C)N(CC)C=[N+]1CC. The fourth-order valence-electron chi connectivity index (χ4n) is 2.14. The highest BCUT2D eigenvalue weighted by atomic mass is 15.3. The molecule has 70 valence electrons. The number of likely N-dealkylation sites (N-methyl/N-ethyl adjacent to an activating group) is 2. The third-order valence-corrected chi connectivity index (χ3v) is 2.95. The molecule has 2 unspecified atom stereocenters. The first-order valence-electron chi connectivity index (χ1n) is 5.11. The average molecular weight is 169 g/mol. The summed E-state index contributed by atoms with van der Waals surface area (Å²) in [7, 11) is 0. The topological polar surface area (TPSA) is 6.25 Å². The molecule has 1 rings (SSSR count). The molecule has 1 aliphatic heterocycles. The van der Waals surface area contributed by atoms with Crippen molar-refractivity contribution in [2.75, 3.05) is 13.1 Å². The number of hydrogen-bond donors (Lipinski definition) is 0. The predicted molar refractivity (Wildman–Crippen MR) is 52.8 cm³/mol. The van der Waals surface area contributed by atoms with E-state index in [1.54, 1.807) is 0 Å². The van der Waals surface area contributed by atoms with Crippen molar-refractivity contribution in [3.8, 4) is 0 Å². The molecule has 0 spiro atoms. The van der Waals surface area contributed by atoms with Crippen LogP contribution in [0.1, 0.15) is 34.1 Å². The van der Waals surface area contributed by atoms with E-state index < -0.39 is 0 Å². The maximum Gasteiger partial charge on any atom is 0.234 e. The summed E-state index contributed by atoms with van der Waals surface area (Å²) in [4.78, 5) is 2.43. The van der Waals surface area contributed by atoms with Crippen LogP contribution in [0.5, 0.6) is 0 Å². The summed E-state index contributed by atoms with van der Waals surface area (Å²) in [6.07, 6.45) is 3.54. The van der Waals surface area contributed by atoms with Crippen LogP contribution in [0.3, 0.4) is 0 Å². The summed E-state index contributed by atoms with van der Waals surface area (Å²) in [5, 5.41) is 0. The van der Waals surface area contributed by atoms with Crippen LogP contribution in [-0.2, 0) is 0 Å². The van der Waals surface area contributed by atoms with E-state index in [1.807, 2.05) is 0 Å². The third-order valence-electron chi connectivity index (χ3n) is 2.95. The van der Waals surface area contributed by atoms with Crippen LogP contribution in [0.15, 0.2) is 0 Å². The van der Waals surface area contributed by atoms with Crippen molar-refractivity contribution >= 4 is 6.34 Å². The lowest BCUT2D eigenvalue weighted by Crippen LogP contribution is -2.35. The maximum absolute atomic E-state index is 2.45. The molecular weight excluding hydrogens is 148 g/mol. The molecule has 0 amide bonds. The van der Waals surface area contributed by atoms with Crippen LogP contribution in [0.2, 0.25) is 0 Å². The Bertz CT molecular complexity index is 175. The van der Waals surface area contributed by atoms with Gasteiger partial charge in [-0.05, 0) is 27.2 Å². The van der Waals surface area contributed by atoms with Crippen molar-refractivity contribution in [2.24, 2.45) is 0 Å². The minimum absolute atomic E-state index is 0.694. The quantitative estimate of drug-likeness (QED) is 0.581. The van der Waals surface area contributed by atoms with Crippen LogP contribution in [0.25, 0.3) is 0 Å². The molecule has 1 aliphatic rings. The normalized spacial score (nSPS) is 29.3. The predicted octanol–water partition coefficient (Wildman–Crippen LogP) is 1.55. The Labute approximate surface area is 75.9 Å². The Morgan fingerprint density at radius 3 is 2.33 bits per heavy atom. The fourth-order valence-corrected chi connectivity index (χ4v) is 2.14. The van der Waals surface area contributed by atoms with E-state index in [0.717, 1.165) is 19.1 Å². The van der Waals surface area contributed by atoms with Gasteiger partial charge in [-0.3, -0.25) is 9.48 Å². The van der Waals surface area contributed by atoms with E-state index >= 15 is 0 Å². The summed E-state index contributed by atoms with van der Waals surface area (Å²) < 4.78 is 2.45. The van der Waals surface area contributed by atoms with Crippen molar-refractivity contribution in [3.05, 3.63) is 0 Å². The molecule has 12 heavy (non-hydrogen) atoms. The van der Waals surface area contributed by atoms with E-state index in [-0.39, 0.29) is 0 Å². The summed E-state index contributed by atoms with van der Waals surface area (Å²) in [6.45, 7) is 11.3. The molecule has 1 heterocycles. The zero-order valence-electron chi connectivity index (χ0n) is 8.75. The van der Waals surface area contributed by atoms with Gasteiger partial charge in [-0.2, -0.15) is 0 Å². The summed E-state index contributed by atoms with van der Waals surface area (Å²) >= 11 is 0. The van der Waals surface area contributed by atoms with Gasteiger partial charge >= 0.3 is 0 Å². The molecule has 0 fully saturated rings. The Morgan fingerprint density at radius 1 is 1.33 bits per heavy atom. The standard InChI is InChI=1S/C10H21N2/c1-5-10-9(4)11(6-2)8-12(10)7-3/h8-10H,5-7H2,1-4H3/q+1. The highest BCUT2D eigenvalue weighted by Gasteiger charge is 2.35. The van der Waals surface area contributed by atoms with Gasteiger partial charge in [0.15, 0.2) is 0 Å². The molecule has 0 saturated heterocycles. The largest absolute Gasteiger partial charge is 0.262 e. The lowest BCUT2D eigenvalue weighted by molar-refractivity contribution is -0.552. The van der Waals surface area contributed by atoms with Crippen LogP contribution < -0.4 is 0 Å². The van der Waals surface area contributed by atoms with Crippen molar-refractivity contribution in [1.82, 2.24) is 4.90 Å². The summed E-state index contributed by atoms with van der Waals surface area (Å²) in [6, 6.07) is 1.43. The Kier molecular flexibility index (Phi) is 3.12. The van der Waals surface area contributed by atoms with Gasteiger partial charge in [-0.25, -0.2) is 0 Å². The molecule has 2 heteroatoms. The molecule has 0 saturated carbocycles. The first kappa shape index (κ1) is 9.56. The van der Waals surface area contributed by atoms with Gasteiger partial charge in [-0.15, -0.1) is 0 Å². The lowest BCUT2D eigenvalue weighted by Gasteiger charge is -2.16. The van der Waals surface area contributed by atoms with E-state index in [4.69, 9.17) is 0 Å². The second kappa shape index (κ2) is 3.92. The van der Waals surface area contributed by atoms with Crippen molar-refractivity contribution in [3.63, 3.8) is 0 Å². The second-order valence-electron chi connectivity index (χ2n) is 3.49. The highest BCUT2D eigenvalue weighted by Crippen LogP contribution is 2.15. The average Bonchev–Trinajstić information content (AvgIpc) is 2.41. The van der Waals surface area contributed by atoms with Crippen LogP contribution in [-0.4, -0.2) is 41.0 Å². The Hall–Kier alpha value is -0.530. The van der Waals surface area contributed by atoms with Crippen LogP contribution in [0.4, 0.5) is 0 Å². The minimum atomic E-state index is 0.694. The van der Waals surface area contributed by atoms with Gasteiger partial charge in [0.25, 0.3) is 0 Å². The minimum Gasteiger partial charge on any atom is -0.262 e. The van der Waals surface area contributed by atoms with Crippen molar-refractivity contribution in [2.45, 2.75) is 46.2 Å². The van der Waals surface area contributed by atoms with Crippen LogP contribution in [0, 0.1) is 0 Å². The van der Waals surface area contributed by atoms with E-state index in [2.05, 4.69) is 43.5 Å². The maximum atomic E-state index is 2.45. The molecule has 0 radical (unpaired) electrons. The zero-order chi connectivity index (χ0) is 9.14. The molecule has 2 nitrogen and oxygen atoms in total. The van der Waals surface area contributed by atoms with Gasteiger partial charge in [-0.1, -0.05) is 6.92 Å². The first-order chi connectivity index (χ1) is 5.74. The smallest absolute Gasteiger partial charge is 0.234 e. The molecule has 0 aromatic heterocycles. The summed E-state index contributed by atoms with van der Waals surface area (Å²) in [5.74, 6) is 0. The highest BCUT2D eigenvalue weighted by molar-refractivity contribution is 5.51. The number of rotatable bonds is 3. The first-order valence-corrected chi connectivity index (χ1v) is 5.11. The van der Waals surface area contributed by atoms with Crippen LogP contribution >= 0.6 is 0 Å². The monoisotopic (exact) mass is 169 g/mol. The molecular formula is C10H21N2+. The second-order valence-corrected chi connectivity index (χ2v) is 3.49. The van der Waals surface area contributed by atoms with E-state index in [9.17, 15) is 0 Å². The van der Waals surface area contributed by atoms with Crippen molar-refractivity contribution < 1.29 is 4.58 Å². The summed E-state index contributed by atoms with van der Waals surface area (Å²) in [5.41, 5.74) is 0. The lowest BCUT2D eigenvalue weighted by atomic mass is 10.1. The van der Waals surface area contributed by atoms with Gasteiger partial charge in [0.05, 0.1) is 13.1 Å². The van der Waals surface area contributed by atoms with Gasteiger partial charge in [0.1, 0.15) is 12.1 Å². The van der Waals surface area contributed by atoms with Gasteiger partial charge < -0.3 is 0 Å². The third kappa shape index (κ3) is 1.47. The Morgan fingerprint density at radius 2 is 2.00 bits per heavy atom.